The van der Waals surface area contributed by atoms with E-state index in [-0.39, 0.29) is 17.8 Å². The van der Waals surface area contributed by atoms with Crippen molar-refractivity contribution in [2.75, 3.05) is 0 Å². The van der Waals surface area contributed by atoms with Gasteiger partial charge in [0.25, 0.3) is 0 Å². The van der Waals surface area contributed by atoms with Crippen LogP contribution in [0.3, 0.4) is 0 Å². The molecule has 1 aliphatic carbocycles. The average Bonchev–Trinajstić information content (AvgIpc) is 2.16. The van der Waals surface area contributed by atoms with Crippen LogP contribution in [0.4, 0.5) is 13.2 Å². The topological polar surface area (TPSA) is 42.9 Å². The van der Waals surface area contributed by atoms with Crippen LogP contribution in [0.15, 0.2) is 6.07 Å². The van der Waals surface area contributed by atoms with Crippen LogP contribution in [0.2, 0.25) is 0 Å². The molecule has 1 aromatic heterocycles. The maximum Gasteiger partial charge on any atom is 0.435 e. The van der Waals surface area contributed by atoms with Crippen molar-refractivity contribution in [2.24, 2.45) is 0 Å². The SMILES string of the molecule is O=C1CCCc2nnc(C(F)(F)F)cc21. The fourth-order valence-electron chi connectivity index (χ4n) is 1.53. The van der Waals surface area contributed by atoms with Crippen LogP contribution in [0.25, 0.3) is 0 Å². The van der Waals surface area contributed by atoms with Gasteiger partial charge >= 0.3 is 6.18 Å². The van der Waals surface area contributed by atoms with Crippen LogP contribution in [0.1, 0.15) is 34.6 Å². The van der Waals surface area contributed by atoms with Crippen LogP contribution in [0.5, 0.6) is 0 Å². The summed E-state index contributed by atoms with van der Waals surface area (Å²) >= 11 is 0. The van der Waals surface area contributed by atoms with Gasteiger partial charge in [0.1, 0.15) is 0 Å². The molecule has 1 heterocycles. The number of halogens is 3. The summed E-state index contributed by atoms with van der Waals surface area (Å²) in [6, 6.07) is 0.795. The second-order valence-electron chi connectivity index (χ2n) is 3.36. The Morgan fingerprint density at radius 1 is 1.20 bits per heavy atom. The van der Waals surface area contributed by atoms with Crippen LogP contribution in [0, 0.1) is 0 Å². The molecule has 0 radical (unpaired) electrons. The Bertz CT molecular complexity index is 414. The zero-order chi connectivity index (χ0) is 11.1. The van der Waals surface area contributed by atoms with Crippen molar-refractivity contribution in [3.63, 3.8) is 0 Å². The third-order valence-corrected chi connectivity index (χ3v) is 2.28. The van der Waals surface area contributed by atoms with Crippen molar-refractivity contribution in [2.45, 2.75) is 25.4 Å². The molecular formula is C9H7F3N2O. The van der Waals surface area contributed by atoms with Gasteiger partial charge in [-0.25, -0.2) is 0 Å². The summed E-state index contributed by atoms with van der Waals surface area (Å²) in [5, 5.41) is 6.52. The van der Waals surface area contributed by atoms with E-state index in [0.717, 1.165) is 6.07 Å². The van der Waals surface area contributed by atoms with E-state index in [1.165, 1.54) is 0 Å². The van der Waals surface area contributed by atoms with Gasteiger partial charge in [-0.3, -0.25) is 4.79 Å². The first-order valence-corrected chi connectivity index (χ1v) is 4.45. The predicted octanol–water partition coefficient (Wildman–Crippen LogP) is 2.01. The molecule has 15 heavy (non-hydrogen) atoms. The Hall–Kier alpha value is -1.46. The monoisotopic (exact) mass is 216 g/mol. The summed E-state index contributed by atoms with van der Waals surface area (Å²) in [6.45, 7) is 0. The minimum absolute atomic E-state index is 0.0728. The quantitative estimate of drug-likeness (QED) is 0.666. The molecule has 80 valence electrons. The fourth-order valence-corrected chi connectivity index (χ4v) is 1.53. The van der Waals surface area contributed by atoms with E-state index in [9.17, 15) is 18.0 Å². The first-order valence-electron chi connectivity index (χ1n) is 4.45. The Morgan fingerprint density at radius 3 is 2.60 bits per heavy atom. The summed E-state index contributed by atoms with van der Waals surface area (Å²) in [5.74, 6) is -0.281. The van der Waals surface area contributed by atoms with E-state index in [1.54, 1.807) is 0 Å². The molecule has 3 nitrogen and oxygen atoms in total. The molecule has 6 heteroatoms. The zero-order valence-corrected chi connectivity index (χ0v) is 7.64. The van der Waals surface area contributed by atoms with E-state index in [0.29, 0.717) is 18.5 Å². The molecule has 0 amide bonds. The van der Waals surface area contributed by atoms with Gasteiger partial charge in [-0.2, -0.15) is 18.3 Å². The standard InChI is InChI=1S/C9H7F3N2O/c10-9(11,12)8-4-5-6(13-14-8)2-1-3-7(5)15/h4H,1-3H2. The van der Waals surface area contributed by atoms with Gasteiger partial charge in [0.2, 0.25) is 0 Å². The maximum absolute atomic E-state index is 12.3. The Kier molecular flexibility index (Phi) is 2.21. The third kappa shape index (κ3) is 1.84. The second kappa shape index (κ2) is 3.29. The van der Waals surface area contributed by atoms with Gasteiger partial charge in [-0.05, 0) is 18.9 Å². The molecule has 0 spiro atoms. The number of carbonyl (C=O) groups excluding carboxylic acids is 1. The van der Waals surface area contributed by atoms with E-state index in [4.69, 9.17) is 0 Å². The summed E-state index contributed by atoms with van der Waals surface area (Å²) < 4.78 is 36.8. The lowest BCUT2D eigenvalue weighted by Crippen LogP contribution is -2.18. The average molecular weight is 216 g/mol. The van der Waals surface area contributed by atoms with Gasteiger partial charge in [0.15, 0.2) is 11.5 Å². The number of ketones is 1. The van der Waals surface area contributed by atoms with E-state index >= 15 is 0 Å². The molecule has 0 unspecified atom stereocenters. The highest BCUT2D eigenvalue weighted by Gasteiger charge is 2.35. The van der Waals surface area contributed by atoms with Gasteiger partial charge in [-0.1, -0.05) is 0 Å². The molecule has 0 bridgehead atoms. The smallest absolute Gasteiger partial charge is 0.294 e. The number of carbonyl (C=O) groups is 1. The Balaban J connectivity index is 2.49. The minimum Gasteiger partial charge on any atom is -0.294 e. The molecule has 1 aromatic rings. The number of rotatable bonds is 0. The summed E-state index contributed by atoms with van der Waals surface area (Å²) in [4.78, 5) is 11.3. The zero-order valence-electron chi connectivity index (χ0n) is 7.64. The van der Waals surface area contributed by atoms with Crippen LogP contribution >= 0.6 is 0 Å². The maximum atomic E-state index is 12.3. The lowest BCUT2D eigenvalue weighted by atomic mass is 9.95. The van der Waals surface area contributed by atoms with Crippen molar-refractivity contribution < 1.29 is 18.0 Å². The number of alkyl halides is 3. The number of aromatic nitrogens is 2. The molecule has 0 saturated carbocycles. The van der Waals surface area contributed by atoms with Gasteiger partial charge in [0, 0.05) is 12.0 Å². The number of aryl methyl sites for hydroxylation is 1. The summed E-state index contributed by atoms with van der Waals surface area (Å²) in [6.07, 6.45) is -3.10. The van der Waals surface area contributed by atoms with Crippen molar-refractivity contribution in [1.82, 2.24) is 10.2 Å². The van der Waals surface area contributed by atoms with E-state index < -0.39 is 11.9 Å². The van der Waals surface area contributed by atoms with Crippen LogP contribution in [-0.4, -0.2) is 16.0 Å². The number of nitrogens with zero attached hydrogens (tertiary/aromatic N) is 2. The first kappa shape index (κ1) is 10.1. The Morgan fingerprint density at radius 2 is 1.93 bits per heavy atom. The number of Topliss-reactive ketones (excluding diaryl/α,β-unsaturated/α-hetero) is 1. The molecular weight excluding hydrogens is 209 g/mol. The molecule has 0 aliphatic heterocycles. The second-order valence-corrected chi connectivity index (χ2v) is 3.36. The number of hydrogen-bond acceptors (Lipinski definition) is 3. The number of hydrogen-bond donors (Lipinski definition) is 0. The van der Waals surface area contributed by atoms with Gasteiger partial charge < -0.3 is 0 Å². The van der Waals surface area contributed by atoms with Crippen molar-refractivity contribution in [3.8, 4) is 0 Å². The highest BCUT2D eigenvalue weighted by Crippen LogP contribution is 2.29. The first-order chi connectivity index (χ1) is 6.98. The lowest BCUT2D eigenvalue weighted by Gasteiger charge is -2.14. The third-order valence-electron chi connectivity index (χ3n) is 2.28. The normalized spacial score (nSPS) is 16.3. The molecule has 0 atom stereocenters. The molecule has 0 fully saturated rings. The van der Waals surface area contributed by atoms with Crippen molar-refractivity contribution in [3.05, 3.63) is 23.0 Å². The van der Waals surface area contributed by atoms with Crippen LogP contribution in [-0.2, 0) is 12.6 Å². The van der Waals surface area contributed by atoms with Crippen LogP contribution < -0.4 is 0 Å². The van der Waals surface area contributed by atoms with Crippen molar-refractivity contribution >= 4 is 5.78 Å². The van der Waals surface area contributed by atoms with E-state index in [1.807, 2.05) is 0 Å². The largest absolute Gasteiger partial charge is 0.435 e. The fraction of sp³-hybridized carbons (Fsp3) is 0.444. The molecule has 2 rings (SSSR count). The van der Waals surface area contributed by atoms with Gasteiger partial charge in [-0.15, -0.1) is 5.10 Å². The lowest BCUT2D eigenvalue weighted by molar-refractivity contribution is -0.141. The van der Waals surface area contributed by atoms with Crippen molar-refractivity contribution in [1.29, 1.82) is 0 Å². The Labute approximate surface area is 83.3 Å². The minimum atomic E-state index is -4.54. The summed E-state index contributed by atoms with van der Waals surface area (Å²) in [7, 11) is 0. The van der Waals surface area contributed by atoms with Gasteiger partial charge in [0.05, 0.1) is 5.69 Å². The predicted molar refractivity (Wildman–Crippen MR) is 44.3 cm³/mol. The highest BCUT2D eigenvalue weighted by molar-refractivity contribution is 5.98. The molecule has 0 N–H and O–H groups in total. The molecule has 0 saturated heterocycles. The molecule has 0 aromatic carbocycles. The number of fused-ring (bicyclic) bond motifs is 1. The van der Waals surface area contributed by atoms with E-state index in [2.05, 4.69) is 10.2 Å². The molecule has 1 aliphatic rings. The highest BCUT2D eigenvalue weighted by atomic mass is 19.4. The summed E-state index contributed by atoms with van der Waals surface area (Å²) in [5.41, 5.74) is -0.653.